The molecule has 3 atom stereocenters. The largest absolute Gasteiger partial charge is 0.369 e. The maximum atomic E-state index is 13.5. The van der Waals surface area contributed by atoms with E-state index in [0.717, 1.165) is 43.0 Å². The maximum absolute atomic E-state index is 13.5. The second-order valence-electron chi connectivity index (χ2n) is 11.6. The van der Waals surface area contributed by atoms with Gasteiger partial charge in [0, 0.05) is 62.3 Å². The summed E-state index contributed by atoms with van der Waals surface area (Å²) in [5.41, 5.74) is 4.47. The first-order valence-corrected chi connectivity index (χ1v) is 15.4. The number of hydrogen-bond acceptors (Lipinski definition) is 5. The fraction of sp³-hybridized carbons (Fsp3) is 0.289. The fourth-order valence-electron chi connectivity index (χ4n) is 6.33. The minimum Gasteiger partial charge on any atom is -0.369 e. The topological polar surface area (TPSA) is 61.4 Å². The second kappa shape index (κ2) is 13.8. The molecule has 1 aliphatic heterocycles. The van der Waals surface area contributed by atoms with Crippen LogP contribution in [0.25, 0.3) is 0 Å². The molecule has 2 aromatic carbocycles. The number of carbonyl (C=O) groups is 1. The minimum atomic E-state index is -0.699. The summed E-state index contributed by atoms with van der Waals surface area (Å²) in [7, 11) is 0. The predicted molar refractivity (Wildman–Crippen MR) is 175 cm³/mol. The highest BCUT2D eigenvalue weighted by atomic mass is 19.1. The van der Waals surface area contributed by atoms with Crippen molar-refractivity contribution in [1.29, 1.82) is 0 Å². The molecule has 3 unspecified atom stereocenters. The summed E-state index contributed by atoms with van der Waals surface area (Å²) in [5, 5.41) is 3.33. The van der Waals surface area contributed by atoms with E-state index in [1.165, 1.54) is 0 Å². The Morgan fingerprint density at radius 3 is 2.24 bits per heavy atom. The van der Waals surface area contributed by atoms with E-state index < -0.39 is 5.41 Å². The summed E-state index contributed by atoms with van der Waals surface area (Å²) in [6, 6.07) is 26.8. The van der Waals surface area contributed by atoms with Crippen molar-refractivity contribution in [2.45, 2.75) is 24.8 Å². The lowest BCUT2D eigenvalue weighted by Gasteiger charge is -2.45. The molecule has 1 amide bonds. The molecule has 6 rings (SSSR count). The van der Waals surface area contributed by atoms with E-state index >= 15 is 0 Å². The minimum absolute atomic E-state index is 0.128. The van der Waals surface area contributed by atoms with Crippen molar-refractivity contribution < 1.29 is 9.18 Å². The van der Waals surface area contributed by atoms with Crippen LogP contribution in [0.15, 0.2) is 97.3 Å². The van der Waals surface area contributed by atoms with Crippen LogP contribution >= 0.6 is 0 Å². The van der Waals surface area contributed by atoms with Gasteiger partial charge in [-0.05, 0) is 78.8 Å². The van der Waals surface area contributed by atoms with Crippen LogP contribution in [0, 0.1) is 29.6 Å². The van der Waals surface area contributed by atoms with Gasteiger partial charge in [-0.2, -0.15) is 0 Å². The van der Waals surface area contributed by atoms with Gasteiger partial charge in [-0.3, -0.25) is 9.69 Å². The molecule has 3 heterocycles. The van der Waals surface area contributed by atoms with Gasteiger partial charge in [0.1, 0.15) is 18.1 Å². The number of carbonyl (C=O) groups excluding carboxylic acids is 1. The van der Waals surface area contributed by atoms with Crippen LogP contribution in [-0.4, -0.2) is 60.2 Å². The van der Waals surface area contributed by atoms with Gasteiger partial charge < -0.3 is 10.2 Å². The molecule has 0 spiro atoms. The highest BCUT2D eigenvalue weighted by molar-refractivity contribution is 5.94. The van der Waals surface area contributed by atoms with Gasteiger partial charge in [0.05, 0.1) is 11.5 Å². The number of anilines is 1. The molecule has 0 bridgehead atoms. The molecule has 0 radical (unpaired) electrons. The third-order valence-corrected chi connectivity index (χ3v) is 8.75. The Labute approximate surface area is 264 Å². The van der Waals surface area contributed by atoms with E-state index in [1.807, 2.05) is 66.7 Å². The van der Waals surface area contributed by atoms with Crippen LogP contribution in [0.1, 0.15) is 52.3 Å². The molecule has 4 aromatic rings. The summed E-state index contributed by atoms with van der Waals surface area (Å²) in [6.07, 6.45) is 4.06. The summed E-state index contributed by atoms with van der Waals surface area (Å²) in [5.74, 6) is 13.5. The zero-order chi connectivity index (χ0) is 31.1. The highest BCUT2D eigenvalue weighted by Crippen LogP contribution is 2.49. The van der Waals surface area contributed by atoms with E-state index in [4.69, 9.17) is 0 Å². The van der Waals surface area contributed by atoms with Gasteiger partial charge in [0.15, 0.2) is 0 Å². The lowest BCUT2D eigenvalue weighted by atomic mass is 9.62. The molecule has 2 aromatic heterocycles. The van der Waals surface area contributed by atoms with Crippen molar-refractivity contribution in [3.63, 3.8) is 0 Å². The average Bonchev–Trinajstić information content (AvgIpc) is 3.09. The van der Waals surface area contributed by atoms with Gasteiger partial charge in [0.25, 0.3) is 5.91 Å². The van der Waals surface area contributed by atoms with Gasteiger partial charge in [-0.1, -0.05) is 54.3 Å². The number of halogens is 1. The molecule has 226 valence electrons. The SMILES string of the molecule is CC1(C#Cc2ccccn2)c2c(cccc2N2CCN(CCF)CC2)C(NC(=O)c2ccccc2)CC1C#Cc1ccccn1. The quantitative estimate of drug-likeness (QED) is 0.312. The fourth-order valence-corrected chi connectivity index (χ4v) is 6.33. The maximum Gasteiger partial charge on any atom is 0.251 e. The number of hydrogen-bond donors (Lipinski definition) is 1. The summed E-state index contributed by atoms with van der Waals surface area (Å²) in [6.45, 7) is 5.37. The number of aromatic nitrogens is 2. The molecule has 6 nitrogen and oxygen atoms in total. The molecule has 2 aliphatic rings. The standard InChI is InChI=1S/C38H36FN5O/c1-38(19-18-32-13-6-8-22-41-32)30(16-17-31-12-5-7-21-40-31)28-34(42-37(45)29-10-3-2-4-11-29)33-14-9-15-35(36(33)38)44-26-24-43(23-20-39)25-27-44/h2-15,21-22,30,34H,20,23-28H2,1H3,(H,42,45). The first-order chi connectivity index (χ1) is 22.0. The van der Waals surface area contributed by atoms with Gasteiger partial charge in [0.2, 0.25) is 0 Å². The zero-order valence-electron chi connectivity index (χ0n) is 25.4. The van der Waals surface area contributed by atoms with Crippen LogP contribution in [0.5, 0.6) is 0 Å². The van der Waals surface area contributed by atoms with E-state index in [9.17, 15) is 9.18 Å². The number of benzene rings is 2. The smallest absolute Gasteiger partial charge is 0.251 e. The molecule has 45 heavy (non-hydrogen) atoms. The second-order valence-corrected chi connectivity index (χ2v) is 11.6. The van der Waals surface area contributed by atoms with E-state index in [-0.39, 0.29) is 24.5 Å². The van der Waals surface area contributed by atoms with Gasteiger partial charge in [-0.25, -0.2) is 14.4 Å². The normalized spacial score (nSPS) is 21.0. The Bertz CT molecular complexity index is 1730. The highest BCUT2D eigenvalue weighted by Gasteiger charge is 2.45. The van der Waals surface area contributed by atoms with Crippen LogP contribution in [0.2, 0.25) is 0 Å². The lowest BCUT2D eigenvalue weighted by molar-refractivity contribution is 0.0926. The number of pyridine rings is 2. The van der Waals surface area contributed by atoms with Crippen molar-refractivity contribution in [1.82, 2.24) is 20.2 Å². The van der Waals surface area contributed by atoms with Crippen molar-refractivity contribution >= 4 is 11.6 Å². The van der Waals surface area contributed by atoms with E-state index in [0.29, 0.717) is 29.9 Å². The Morgan fingerprint density at radius 1 is 0.889 bits per heavy atom. The molecule has 1 aliphatic carbocycles. The van der Waals surface area contributed by atoms with Crippen molar-refractivity contribution in [2.75, 3.05) is 44.3 Å². The molecule has 7 heteroatoms. The first-order valence-electron chi connectivity index (χ1n) is 15.4. The predicted octanol–water partition coefficient (Wildman–Crippen LogP) is 5.42. The van der Waals surface area contributed by atoms with Crippen LogP contribution in [0.4, 0.5) is 10.1 Å². The van der Waals surface area contributed by atoms with Gasteiger partial charge >= 0.3 is 0 Å². The first kappa shape index (κ1) is 30.1. The molecular formula is C38H36FN5O. The van der Waals surface area contributed by atoms with Crippen molar-refractivity contribution in [3.8, 4) is 23.7 Å². The number of nitrogens with one attached hydrogen (secondary N) is 1. The number of piperazine rings is 1. The molecule has 1 saturated heterocycles. The monoisotopic (exact) mass is 597 g/mol. The number of amides is 1. The summed E-state index contributed by atoms with van der Waals surface area (Å²) >= 11 is 0. The zero-order valence-corrected chi connectivity index (χ0v) is 25.4. The molecule has 0 saturated carbocycles. The Hall–Kier alpha value is -4.98. The Morgan fingerprint density at radius 2 is 1.58 bits per heavy atom. The van der Waals surface area contributed by atoms with Crippen molar-refractivity contribution in [2.24, 2.45) is 5.92 Å². The van der Waals surface area contributed by atoms with Crippen LogP contribution in [0.3, 0.4) is 0 Å². The molecular weight excluding hydrogens is 561 g/mol. The number of alkyl halides is 1. The summed E-state index contributed by atoms with van der Waals surface area (Å²) in [4.78, 5) is 27.0. The average molecular weight is 598 g/mol. The third kappa shape index (κ3) is 6.75. The Kier molecular flexibility index (Phi) is 9.19. The van der Waals surface area contributed by atoms with Gasteiger partial charge in [-0.15, -0.1) is 0 Å². The van der Waals surface area contributed by atoms with E-state index in [2.05, 4.69) is 73.9 Å². The van der Waals surface area contributed by atoms with Crippen LogP contribution in [-0.2, 0) is 5.41 Å². The van der Waals surface area contributed by atoms with E-state index in [1.54, 1.807) is 12.4 Å². The molecule has 1 fully saturated rings. The molecule has 1 N–H and O–H groups in total. The Balaban J connectivity index is 1.48. The third-order valence-electron chi connectivity index (χ3n) is 8.75. The summed E-state index contributed by atoms with van der Waals surface area (Å²) < 4.78 is 13.1. The van der Waals surface area contributed by atoms with Crippen LogP contribution < -0.4 is 10.2 Å². The lowest BCUT2D eigenvalue weighted by Crippen LogP contribution is -2.49. The number of fused-ring (bicyclic) bond motifs is 1. The van der Waals surface area contributed by atoms with Crippen molar-refractivity contribution in [3.05, 3.63) is 125 Å². The number of rotatable bonds is 5. The number of nitrogens with zero attached hydrogens (tertiary/aromatic N) is 4.